The first-order valence-electron chi connectivity index (χ1n) is 11.7. The molecule has 2 atom stereocenters. The summed E-state index contributed by atoms with van der Waals surface area (Å²) in [6.07, 6.45) is -0.0914. The molecule has 10 nitrogen and oxygen atoms in total. The Morgan fingerprint density at radius 1 is 1.11 bits per heavy atom. The van der Waals surface area contributed by atoms with Crippen molar-refractivity contribution in [1.82, 2.24) is 15.5 Å². The van der Waals surface area contributed by atoms with E-state index >= 15 is 0 Å². The van der Waals surface area contributed by atoms with Crippen molar-refractivity contribution in [2.45, 2.75) is 91.0 Å². The molecule has 0 spiro atoms. The molecule has 0 aromatic heterocycles. The van der Waals surface area contributed by atoms with Gasteiger partial charge in [0.15, 0.2) is 0 Å². The molecule has 5 N–H and O–H groups in total. The van der Waals surface area contributed by atoms with Crippen LogP contribution in [-0.4, -0.2) is 57.5 Å². The largest absolute Gasteiger partial charge is 0.508 e. The Labute approximate surface area is 207 Å². The third kappa shape index (κ3) is 10.7. The van der Waals surface area contributed by atoms with Gasteiger partial charge in [0.05, 0.1) is 6.42 Å². The quantitative estimate of drug-likeness (QED) is 0.394. The predicted molar refractivity (Wildman–Crippen MR) is 132 cm³/mol. The molecule has 1 aromatic carbocycles. The lowest BCUT2D eigenvalue weighted by atomic mass is 9.99. The van der Waals surface area contributed by atoms with Gasteiger partial charge in [-0.25, -0.2) is 4.79 Å². The van der Waals surface area contributed by atoms with Crippen LogP contribution in [0.4, 0.5) is 4.79 Å². The summed E-state index contributed by atoms with van der Waals surface area (Å²) in [5.74, 6) is -2.01. The van der Waals surface area contributed by atoms with Crippen LogP contribution in [0.25, 0.3) is 0 Å². The summed E-state index contributed by atoms with van der Waals surface area (Å²) < 4.78 is 5.25. The number of hydrogen-bond donors (Lipinski definition) is 4. The van der Waals surface area contributed by atoms with Crippen LogP contribution < -0.4 is 16.4 Å². The van der Waals surface area contributed by atoms with Crippen LogP contribution in [0.3, 0.4) is 0 Å². The van der Waals surface area contributed by atoms with Gasteiger partial charge in [-0.3, -0.25) is 14.4 Å². The lowest BCUT2D eigenvalue weighted by molar-refractivity contribution is -0.144. The Morgan fingerprint density at radius 2 is 1.74 bits per heavy atom. The molecule has 35 heavy (non-hydrogen) atoms. The lowest BCUT2D eigenvalue weighted by Gasteiger charge is -2.36. The molecule has 1 aromatic rings. The van der Waals surface area contributed by atoms with E-state index in [9.17, 15) is 24.3 Å². The third-order valence-corrected chi connectivity index (χ3v) is 4.67. The molecule has 0 aliphatic heterocycles. The molecule has 196 valence electrons. The molecule has 10 heteroatoms. The number of ether oxygens (including phenoxy) is 1. The topological polar surface area (TPSA) is 151 Å². The number of carbonyl (C=O) groups excluding carboxylic acids is 4. The zero-order chi connectivity index (χ0) is 27.0. The summed E-state index contributed by atoms with van der Waals surface area (Å²) in [5, 5.41) is 15.4. The SMILES string of the molecule is CCCCN(C(=O)C(CC(N)=O)NC(=O)OC(C)(C)C)C(C(=O)NC(C)(C)C)c1cccc(O)c1. The standard InChI is InChI=1S/C25H40N4O6/c1-8-9-13-29(22(33)18(15-19(26)31)27-23(34)35-25(5,6)7)20(21(32)28-24(2,3)4)16-11-10-12-17(30)14-16/h10-12,14,18,20,30H,8-9,13,15H2,1-7H3,(H2,26,31)(H,27,34)(H,28,32). The van der Waals surface area contributed by atoms with Crippen molar-refractivity contribution in [1.29, 1.82) is 0 Å². The van der Waals surface area contributed by atoms with Crippen molar-refractivity contribution >= 4 is 23.8 Å². The number of nitrogens with two attached hydrogens (primary N) is 1. The van der Waals surface area contributed by atoms with E-state index in [1.807, 2.05) is 27.7 Å². The molecule has 0 saturated carbocycles. The van der Waals surface area contributed by atoms with Gasteiger partial charge in [0.2, 0.25) is 17.7 Å². The van der Waals surface area contributed by atoms with Gasteiger partial charge >= 0.3 is 6.09 Å². The highest BCUT2D eigenvalue weighted by atomic mass is 16.6. The smallest absolute Gasteiger partial charge is 0.408 e. The van der Waals surface area contributed by atoms with Crippen LogP contribution in [0.15, 0.2) is 24.3 Å². The highest BCUT2D eigenvalue weighted by molar-refractivity contribution is 5.94. The van der Waals surface area contributed by atoms with Crippen LogP contribution in [0, 0.1) is 0 Å². The van der Waals surface area contributed by atoms with Gasteiger partial charge in [0.1, 0.15) is 23.4 Å². The average molecular weight is 493 g/mol. The van der Waals surface area contributed by atoms with E-state index in [2.05, 4.69) is 10.6 Å². The minimum absolute atomic E-state index is 0.0699. The number of unbranched alkanes of at least 4 members (excludes halogenated alkanes) is 1. The third-order valence-electron chi connectivity index (χ3n) is 4.67. The second kappa shape index (κ2) is 12.4. The van der Waals surface area contributed by atoms with E-state index in [0.29, 0.717) is 12.0 Å². The number of benzene rings is 1. The number of carbonyl (C=O) groups is 4. The van der Waals surface area contributed by atoms with E-state index < -0.39 is 53.5 Å². The van der Waals surface area contributed by atoms with Gasteiger partial charge in [0.25, 0.3) is 0 Å². The highest BCUT2D eigenvalue weighted by Crippen LogP contribution is 2.27. The van der Waals surface area contributed by atoms with Crippen molar-refractivity contribution in [3.63, 3.8) is 0 Å². The van der Waals surface area contributed by atoms with Crippen molar-refractivity contribution in [3.05, 3.63) is 29.8 Å². The van der Waals surface area contributed by atoms with E-state index in [1.165, 1.54) is 17.0 Å². The minimum Gasteiger partial charge on any atom is -0.508 e. The number of phenolic OH excluding ortho intramolecular Hbond substituents is 1. The maximum absolute atomic E-state index is 13.8. The second-order valence-electron chi connectivity index (χ2n) is 10.5. The van der Waals surface area contributed by atoms with Gasteiger partial charge < -0.3 is 31.1 Å². The van der Waals surface area contributed by atoms with E-state index in [4.69, 9.17) is 10.5 Å². The van der Waals surface area contributed by atoms with Crippen LogP contribution >= 0.6 is 0 Å². The number of nitrogens with one attached hydrogen (secondary N) is 2. The molecule has 0 aliphatic carbocycles. The molecule has 0 heterocycles. The number of nitrogens with zero attached hydrogens (tertiary/aromatic N) is 1. The van der Waals surface area contributed by atoms with Gasteiger partial charge in [-0.05, 0) is 65.7 Å². The number of phenols is 1. The fraction of sp³-hybridized carbons (Fsp3) is 0.600. The number of amides is 4. The first-order chi connectivity index (χ1) is 16.0. The van der Waals surface area contributed by atoms with Gasteiger partial charge in [0, 0.05) is 12.1 Å². The molecule has 0 radical (unpaired) electrons. The number of alkyl carbamates (subject to hydrolysis) is 1. The Morgan fingerprint density at radius 3 is 2.23 bits per heavy atom. The number of hydrogen-bond acceptors (Lipinski definition) is 6. The Bertz CT molecular complexity index is 904. The molecule has 2 unspecified atom stereocenters. The molecular formula is C25H40N4O6. The molecule has 0 saturated heterocycles. The Balaban J connectivity index is 3.50. The maximum Gasteiger partial charge on any atom is 0.408 e. The van der Waals surface area contributed by atoms with Gasteiger partial charge in [-0.1, -0.05) is 25.5 Å². The summed E-state index contributed by atoms with van der Waals surface area (Å²) >= 11 is 0. The van der Waals surface area contributed by atoms with Crippen molar-refractivity contribution in [2.24, 2.45) is 5.73 Å². The lowest BCUT2D eigenvalue weighted by Crippen LogP contribution is -2.55. The summed E-state index contributed by atoms with van der Waals surface area (Å²) in [5.41, 5.74) is 4.32. The van der Waals surface area contributed by atoms with Crippen molar-refractivity contribution < 1.29 is 29.0 Å². The summed E-state index contributed by atoms with van der Waals surface area (Å²) in [6, 6.07) is 3.59. The zero-order valence-electron chi connectivity index (χ0n) is 21.8. The summed E-state index contributed by atoms with van der Waals surface area (Å²) in [7, 11) is 0. The number of rotatable bonds is 10. The van der Waals surface area contributed by atoms with E-state index in [1.54, 1.807) is 32.9 Å². The second-order valence-corrected chi connectivity index (χ2v) is 10.5. The normalized spacial score (nSPS) is 13.3. The summed E-state index contributed by atoms with van der Waals surface area (Å²) in [6.45, 7) is 12.5. The van der Waals surface area contributed by atoms with Crippen molar-refractivity contribution in [3.8, 4) is 5.75 Å². The monoisotopic (exact) mass is 492 g/mol. The Kier molecular flexibility index (Phi) is 10.5. The Hall–Kier alpha value is -3.30. The first kappa shape index (κ1) is 29.7. The van der Waals surface area contributed by atoms with Crippen LogP contribution in [-0.2, 0) is 19.1 Å². The highest BCUT2D eigenvalue weighted by Gasteiger charge is 2.37. The predicted octanol–water partition coefficient (Wildman–Crippen LogP) is 2.75. The zero-order valence-corrected chi connectivity index (χ0v) is 21.8. The molecule has 4 amide bonds. The summed E-state index contributed by atoms with van der Waals surface area (Å²) in [4.78, 5) is 52.7. The number of primary amides is 1. The van der Waals surface area contributed by atoms with E-state index in [-0.39, 0.29) is 12.3 Å². The fourth-order valence-corrected chi connectivity index (χ4v) is 3.35. The molecule has 0 bridgehead atoms. The van der Waals surface area contributed by atoms with Gasteiger partial charge in [-0.2, -0.15) is 0 Å². The minimum atomic E-state index is -1.35. The molecular weight excluding hydrogens is 452 g/mol. The van der Waals surface area contributed by atoms with Crippen LogP contribution in [0.5, 0.6) is 5.75 Å². The molecule has 0 aliphatic rings. The first-order valence-corrected chi connectivity index (χ1v) is 11.7. The molecule has 1 rings (SSSR count). The van der Waals surface area contributed by atoms with Crippen molar-refractivity contribution in [2.75, 3.05) is 6.54 Å². The number of aromatic hydroxyl groups is 1. The van der Waals surface area contributed by atoms with Crippen LogP contribution in [0.1, 0.15) is 79.3 Å². The van der Waals surface area contributed by atoms with Crippen LogP contribution in [0.2, 0.25) is 0 Å². The van der Waals surface area contributed by atoms with E-state index in [0.717, 1.165) is 6.42 Å². The fourth-order valence-electron chi connectivity index (χ4n) is 3.35. The maximum atomic E-state index is 13.8. The van der Waals surface area contributed by atoms with Gasteiger partial charge in [-0.15, -0.1) is 0 Å². The average Bonchev–Trinajstić information content (AvgIpc) is 2.66. The molecule has 0 fully saturated rings.